The smallest absolute Gasteiger partial charge is 0.543 e. The Morgan fingerprint density at radius 2 is 0.586 bits per heavy atom. The Balaban J connectivity index is 0.000000134. The van der Waals surface area contributed by atoms with E-state index in [1.165, 1.54) is 98.7 Å². The van der Waals surface area contributed by atoms with Crippen LogP contribution in [-0.2, 0) is 4.65 Å². The molecular weight excluding hydrogens is 915 g/mol. The molecule has 0 amide bonds. The van der Waals surface area contributed by atoms with Crippen LogP contribution in [0, 0.1) is 0 Å². The number of benzene rings is 12. The van der Waals surface area contributed by atoms with E-state index in [1.807, 2.05) is 67.4 Å². The molecule has 0 saturated heterocycles. The van der Waals surface area contributed by atoms with Gasteiger partial charge in [-0.1, -0.05) is 271 Å². The lowest BCUT2D eigenvalue weighted by molar-refractivity contribution is 0.408. The van der Waals surface area contributed by atoms with Gasteiger partial charge in [0, 0.05) is 0 Å². The van der Waals surface area contributed by atoms with Gasteiger partial charge < -0.3 is 9.68 Å². The van der Waals surface area contributed by atoms with Gasteiger partial charge in [-0.25, -0.2) is 0 Å². The maximum Gasteiger partial charge on any atom is 0.569 e. The summed E-state index contributed by atoms with van der Waals surface area (Å²) in [4.78, 5) is 0. The van der Waals surface area contributed by atoms with Crippen LogP contribution < -0.4 is 0 Å². The molecule has 70 heavy (non-hydrogen) atoms. The maximum atomic E-state index is 8.15. The first kappa shape index (κ1) is 48.4. The van der Waals surface area contributed by atoms with Crippen LogP contribution in [0.1, 0.15) is 18.1 Å². The second kappa shape index (κ2) is 24.8. The Kier molecular flexibility index (Phi) is 17.2. The van der Waals surface area contributed by atoms with Gasteiger partial charge in [0.05, 0.1) is 6.26 Å². The van der Waals surface area contributed by atoms with E-state index >= 15 is 0 Å². The van der Waals surface area contributed by atoms with Crippen LogP contribution in [0.5, 0.6) is 0 Å². The van der Waals surface area contributed by atoms with Crippen LogP contribution in [0.4, 0.5) is 0 Å². The van der Waals surface area contributed by atoms with Crippen molar-refractivity contribution in [3.8, 4) is 22.3 Å². The third kappa shape index (κ3) is 11.6. The molecule has 0 heterocycles. The van der Waals surface area contributed by atoms with Crippen LogP contribution in [0.25, 0.3) is 99.0 Å². The van der Waals surface area contributed by atoms with Crippen LogP contribution in [0.3, 0.4) is 0 Å². The van der Waals surface area contributed by atoms with Crippen LogP contribution in [-0.4, -0.2) is 18.5 Å². The highest BCUT2D eigenvalue weighted by molar-refractivity contribution is 9.08. The predicted molar refractivity (Wildman–Crippen MR) is 309 cm³/mol. The van der Waals surface area contributed by atoms with Gasteiger partial charge in [-0.2, -0.15) is 0 Å². The molecule has 0 aromatic heterocycles. The molecule has 12 rings (SSSR count). The molecule has 12 aromatic rings. The van der Waals surface area contributed by atoms with Crippen LogP contribution >= 0.6 is 15.9 Å². The van der Waals surface area contributed by atoms with Gasteiger partial charge in [0.15, 0.2) is 0 Å². The summed E-state index contributed by atoms with van der Waals surface area (Å²) in [6.07, 6.45) is 7.29. The van der Waals surface area contributed by atoms with E-state index in [0.29, 0.717) is 7.69 Å². The second-order valence-electron chi connectivity index (χ2n) is 16.3. The number of hydrogen-bond donors (Lipinski definition) is 1. The molecule has 0 aliphatic carbocycles. The van der Waals surface area contributed by atoms with Crippen molar-refractivity contribution in [2.45, 2.75) is 6.92 Å². The van der Waals surface area contributed by atoms with E-state index in [9.17, 15) is 0 Å². The summed E-state index contributed by atoms with van der Waals surface area (Å²) in [5, 5.41) is 24.0. The van der Waals surface area contributed by atoms with Crippen molar-refractivity contribution in [1.82, 2.24) is 0 Å². The van der Waals surface area contributed by atoms with Crippen molar-refractivity contribution in [1.29, 1.82) is 0 Å². The number of allylic oxidation sites excluding steroid dienone is 1. The molecule has 0 bridgehead atoms. The third-order valence-electron chi connectivity index (χ3n) is 12.1. The van der Waals surface area contributed by atoms with Crippen molar-refractivity contribution in [2.75, 3.05) is 5.83 Å². The summed E-state index contributed by atoms with van der Waals surface area (Å²) >= 11 is 2.94. The topological polar surface area (TPSA) is 29.5 Å². The lowest BCUT2D eigenvalue weighted by Gasteiger charge is -2.12. The summed E-state index contributed by atoms with van der Waals surface area (Å²) in [5.41, 5.74) is 7.36. The van der Waals surface area contributed by atoms with E-state index in [2.05, 4.69) is 233 Å². The van der Waals surface area contributed by atoms with E-state index in [1.54, 1.807) is 6.08 Å². The number of hydrogen-bond acceptors (Lipinski definition) is 2. The van der Waals surface area contributed by atoms with E-state index in [0.717, 1.165) is 5.56 Å². The van der Waals surface area contributed by atoms with Crippen molar-refractivity contribution >= 4 is 100 Å². The average molecular weight is 969 g/mol. The normalized spacial score (nSPS) is 10.7. The Hall–Kier alpha value is -8.02. The van der Waals surface area contributed by atoms with Crippen molar-refractivity contribution < 1.29 is 9.68 Å². The number of halogens is 1. The van der Waals surface area contributed by atoms with Gasteiger partial charge in [0.2, 0.25) is 0 Å². The van der Waals surface area contributed by atoms with Crippen molar-refractivity contribution in [3.63, 3.8) is 0 Å². The first-order chi connectivity index (χ1) is 34.7. The van der Waals surface area contributed by atoms with E-state index in [4.69, 9.17) is 5.02 Å². The zero-order chi connectivity index (χ0) is 48.3. The van der Waals surface area contributed by atoms with Gasteiger partial charge in [0.1, 0.15) is 0 Å². The molecule has 1 radical (unpaired) electrons. The first-order valence-electron chi connectivity index (χ1n) is 23.4. The molecule has 1 N–H and O–H groups in total. The molecule has 0 aliphatic rings. The maximum absolute atomic E-state index is 8.15. The molecule has 0 spiro atoms. The highest BCUT2D eigenvalue weighted by Gasteiger charge is 2.11. The van der Waals surface area contributed by atoms with Gasteiger partial charge >= 0.3 is 7.69 Å². The highest BCUT2D eigenvalue weighted by Crippen LogP contribution is 2.38. The minimum atomic E-state index is 0.638. The molecule has 339 valence electrons. The van der Waals surface area contributed by atoms with Gasteiger partial charge in [-0.15, -0.1) is 0 Å². The standard InChI is InChI=1S/2C24H16.C9H10.C8H8BO2.CH3Br/c2*1-2-8-17(9-3-1)18-14-15-23-21-12-5-4-10-19(21)20-11-6-7-13-22(20)24(23)16-18;1-2-6-9-7-4-3-5-8-9;10-9-11-7-6-8-4-2-1-3-5-8;1-2/h2*1-16H;2-8H,1H3;1-7,10H;1H3/b;;6-2+;7-6+;. The zero-order valence-corrected chi connectivity index (χ0v) is 41.0. The fourth-order valence-electron chi connectivity index (χ4n) is 8.91. The zero-order valence-electron chi connectivity index (χ0n) is 39.4. The summed E-state index contributed by atoms with van der Waals surface area (Å²) in [6, 6.07) is 89.7. The van der Waals surface area contributed by atoms with E-state index < -0.39 is 0 Å². The quantitative estimate of drug-likeness (QED) is 0.0779. The van der Waals surface area contributed by atoms with Crippen LogP contribution in [0.15, 0.2) is 267 Å². The monoisotopic (exact) mass is 967 g/mol. The molecular formula is C66H53BBrO2. The number of fused-ring (bicyclic) bond motifs is 12. The minimum absolute atomic E-state index is 0.638. The Morgan fingerprint density at radius 1 is 0.314 bits per heavy atom. The SMILES string of the molecule is C/C=C/c1ccccc1.CBr.O[B]O/C=C/c1ccccc1.c1ccc(-c2ccc3c4ccccc4c4ccccc4c3c2)cc1.c1ccc(-c2ccc3c4ccccc4c4ccccc4c3c2)cc1. The fraction of sp³-hybridized carbons (Fsp3) is 0.0303. The summed E-state index contributed by atoms with van der Waals surface area (Å²) in [6.45, 7) is 2.02. The second-order valence-corrected chi connectivity index (χ2v) is 16.3. The molecule has 0 saturated carbocycles. The Labute approximate surface area is 420 Å². The molecule has 4 heteroatoms. The third-order valence-corrected chi connectivity index (χ3v) is 12.1. The van der Waals surface area contributed by atoms with Gasteiger partial charge in [0.25, 0.3) is 0 Å². The van der Waals surface area contributed by atoms with E-state index in [-0.39, 0.29) is 0 Å². The number of alkyl halides is 1. The summed E-state index contributed by atoms with van der Waals surface area (Å²) < 4.78 is 4.49. The van der Waals surface area contributed by atoms with Gasteiger partial charge in [-0.05, 0) is 129 Å². The average Bonchev–Trinajstić information content (AvgIpc) is 3.45. The lowest BCUT2D eigenvalue weighted by atomic mass is 9.92. The highest BCUT2D eigenvalue weighted by atomic mass is 79.9. The summed E-state index contributed by atoms with van der Waals surface area (Å²) in [7, 11) is 0.638. The molecule has 12 aromatic carbocycles. The molecule has 2 nitrogen and oxygen atoms in total. The molecule has 0 atom stereocenters. The fourth-order valence-corrected chi connectivity index (χ4v) is 8.91. The first-order valence-corrected chi connectivity index (χ1v) is 24.9. The van der Waals surface area contributed by atoms with Crippen molar-refractivity contribution in [2.24, 2.45) is 0 Å². The minimum Gasteiger partial charge on any atom is -0.543 e. The Morgan fingerprint density at radius 3 is 0.900 bits per heavy atom. The predicted octanol–water partition coefficient (Wildman–Crippen LogP) is 18.6. The number of rotatable bonds is 6. The molecule has 0 fully saturated rings. The Bertz CT molecular complexity index is 3370. The molecule has 0 aliphatic heterocycles. The van der Waals surface area contributed by atoms with Crippen molar-refractivity contribution in [3.05, 3.63) is 278 Å². The lowest BCUT2D eigenvalue weighted by Crippen LogP contribution is -1.86. The largest absolute Gasteiger partial charge is 0.569 e. The van der Waals surface area contributed by atoms with Gasteiger partial charge in [-0.3, -0.25) is 0 Å². The molecule has 0 unspecified atom stereocenters. The van der Waals surface area contributed by atoms with Crippen LogP contribution in [0.2, 0.25) is 0 Å². The summed E-state index contributed by atoms with van der Waals surface area (Å²) in [5.74, 6) is 1.81.